The fourth-order valence-corrected chi connectivity index (χ4v) is 1.72. The molecule has 94 valence electrons. The zero-order chi connectivity index (χ0) is 13.0. The van der Waals surface area contributed by atoms with Crippen molar-refractivity contribution < 1.29 is 4.79 Å². The van der Waals surface area contributed by atoms with Crippen molar-refractivity contribution in [3.63, 3.8) is 0 Å². The van der Waals surface area contributed by atoms with Crippen LogP contribution in [-0.2, 0) is 11.3 Å². The third-order valence-electron chi connectivity index (χ3n) is 2.62. The van der Waals surface area contributed by atoms with Gasteiger partial charge in [-0.3, -0.25) is 9.48 Å². The molecule has 0 aliphatic heterocycles. The van der Waals surface area contributed by atoms with Crippen molar-refractivity contribution in [2.45, 2.75) is 13.5 Å². The molecule has 0 aliphatic rings. The van der Waals surface area contributed by atoms with Crippen LogP contribution in [0.25, 0.3) is 0 Å². The van der Waals surface area contributed by atoms with E-state index in [1.54, 1.807) is 10.7 Å². The molecule has 1 N–H and O–H groups in total. The van der Waals surface area contributed by atoms with E-state index >= 15 is 0 Å². The van der Waals surface area contributed by atoms with E-state index in [0.29, 0.717) is 12.4 Å². The molecule has 0 saturated heterocycles. The number of alkyl halides is 1. The monoisotopic (exact) mass is 263 g/mol. The lowest BCUT2D eigenvalue weighted by Crippen LogP contribution is -2.13. The second-order valence-electron chi connectivity index (χ2n) is 4.01. The van der Waals surface area contributed by atoms with E-state index in [2.05, 4.69) is 29.5 Å². The highest BCUT2D eigenvalue weighted by molar-refractivity contribution is 6.28. The number of hydrogen-bond acceptors (Lipinski definition) is 2. The lowest BCUT2D eigenvalue weighted by molar-refractivity contribution is -0.113. The van der Waals surface area contributed by atoms with Crippen LogP contribution in [0.4, 0.5) is 5.82 Å². The van der Waals surface area contributed by atoms with Gasteiger partial charge in [0, 0.05) is 12.3 Å². The van der Waals surface area contributed by atoms with Crippen LogP contribution in [0.1, 0.15) is 11.1 Å². The molecule has 0 radical (unpaired) electrons. The van der Waals surface area contributed by atoms with Crippen molar-refractivity contribution in [1.29, 1.82) is 0 Å². The molecule has 0 spiro atoms. The first-order valence-electron chi connectivity index (χ1n) is 5.63. The summed E-state index contributed by atoms with van der Waals surface area (Å²) < 4.78 is 1.78. The van der Waals surface area contributed by atoms with Crippen LogP contribution in [0, 0.1) is 6.92 Å². The van der Waals surface area contributed by atoms with Gasteiger partial charge < -0.3 is 5.32 Å². The summed E-state index contributed by atoms with van der Waals surface area (Å²) in [5.74, 6) is 0.206. The molecule has 5 heteroatoms. The number of halogens is 1. The number of anilines is 1. The first-order chi connectivity index (χ1) is 8.69. The van der Waals surface area contributed by atoms with Crippen LogP contribution < -0.4 is 5.32 Å². The lowest BCUT2D eigenvalue weighted by Gasteiger charge is -2.05. The molecule has 0 unspecified atom stereocenters. The molecular weight excluding hydrogens is 250 g/mol. The predicted molar refractivity (Wildman–Crippen MR) is 71.9 cm³/mol. The standard InChI is InChI=1S/C13H14ClN3O/c1-10-4-2-3-5-11(10)9-17-7-6-12(16-17)15-13(18)8-14/h2-7H,8-9H2,1H3,(H,15,16,18). The molecule has 0 bridgehead atoms. The van der Waals surface area contributed by atoms with E-state index < -0.39 is 0 Å². The summed E-state index contributed by atoms with van der Waals surface area (Å²) in [5.41, 5.74) is 2.43. The highest BCUT2D eigenvalue weighted by Crippen LogP contribution is 2.10. The van der Waals surface area contributed by atoms with Crippen molar-refractivity contribution in [2.75, 3.05) is 11.2 Å². The molecule has 2 aromatic rings. The summed E-state index contributed by atoms with van der Waals surface area (Å²) in [5, 5.41) is 6.87. The van der Waals surface area contributed by atoms with E-state index in [9.17, 15) is 4.79 Å². The zero-order valence-electron chi connectivity index (χ0n) is 10.1. The molecule has 4 nitrogen and oxygen atoms in total. The van der Waals surface area contributed by atoms with Gasteiger partial charge in [-0.2, -0.15) is 5.10 Å². The molecule has 0 atom stereocenters. The quantitative estimate of drug-likeness (QED) is 0.861. The summed E-state index contributed by atoms with van der Waals surface area (Å²) in [6, 6.07) is 9.89. The van der Waals surface area contributed by atoms with Crippen molar-refractivity contribution >= 4 is 23.3 Å². The second-order valence-corrected chi connectivity index (χ2v) is 4.27. The van der Waals surface area contributed by atoms with E-state index in [1.807, 2.05) is 18.3 Å². The highest BCUT2D eigenvalue weighted by Gasteiger charge is 2.04. The molecular formula is C13H14ClN3O. The Labute approximate surface area is 111 Å². The minimum atomic E-state index is -0.252. The number of nitrogens with one attached hydrogen (secondary N) is 1. The maximum Gasteiger partial charge on any atom is 0.240 e. The Morgan fingerprint density at radius 1 is 1.39 bits per heavy atom. The molecule has 0 fully saturated rings. The molecule has 1 heterocycles. The number of aryl methyl sites for hydroxylation is 1. The van der Waals surface area contributed by atoms with Gasteiger partial charge in [0.1, 0.15) is 5.88 Å². The normalized spacial score (nSPS) is 10.3. The summed E-state index contributed by atoms with van der Waals surface area (Å²) >= 11 is 5.41. The Morgan fingerprint density at radius 2 is 2.17 bits per heavy atom. The largest absolute Gasteiger partial charge is 0.308 e. The zero-order valence-corrected chi connectivity index (χ0v) is 10.8. The summed E-state index contributed by atoms with van der Waals surface area (Å²) in [4.78, 5) is 11.1. The van der Waals surface area contributed by atoms with Gasteiger partial charge in [-0.25, -0.2) is 0 Å². The van der Waals surface area contributed by atoms with Crippen LogP contribution in [0.3, 0.4) is 0 Å². The molecule has 18 heavy (non-hydrogen) atoms. The predicted octanol–water partition coefficient (Wildman–Crippen LogP) is 2.42. The number of hydrogen-bond donors (Lipinski definition) is 1. The third kappa shape index (κ3) is 3.11. The molecule has 0 aliphatic carbocycles. The maximum atomic E-state index is 11.1. The average Bonchev–Trinajstić information content (AvgIpc) is 2.79. The molecule has 0 saturated carbocycles. The Kier molecular flexibility index (Phi) is 3.99. The summed E-state index contributed by atoms with van der Waals surface area (Å²) in [7, 11) is 0. The first-order valence-corrected chi connectivity index (χ1v) is 6.16. The summed E-state index contributed by atoms with van der Waals surface area (Å²) in [6.07, 6.45) is 1.83. The van der Waals surface area contributed by atoms with Crippen LogP contribution >= 0.6 is 11.6 Å². The maximum absolute atomic E-state index is 11.1. The minimum Gasteiger partial charge on any atom is -0.308 e. The summed E-state index contributed by atoms with van der Waals surface area (Å²) in [6.45, 7) is 2.75. The molecule has 1 aromatic heterocycles. The van der Waals surface area contributed by atoms with Gasteiger partial charge in [-0.05, 0) is 18.1 Å². The van der Waals surface area contributed by atoms with Crippen molar-refractivity contribution in [3.8, 4) is 0 Å². The average molecular weight is 264 g/mol. The molecule has 1 amide bonds. The number of carbonyl (C=O) groups excluding carboxylic acids is 1. The van der Waals surface area contributed by atoms with Crippen molar-refractivity contribution in [3.05, 3.63) is 47.7 Å². The van der Waals surface area contributed by atoms with Gasteiger partial charge in [0.2, 0.25) is 5.91 Å². The Hall–Kier alpha value is -1.81. The molecule has 2 rings (SSSR count). The van der Waals surface area contributed by atoms with Gasteiger partial charge in [0.25, 0.3) is 0 Å². The van der Waals surface area contributed by atoms with E-state index in [-0.39, 0.29) is 11.8 Å². The number of amides is 1. The van der Waals surface area contributed by atoms with Gasteiger partial charge in [-0.15, -0.1) is 11.6 Å². The Bertz CT molecular complexity index is 551. The van der Waals surface area contributed by atoms with Gasteiger partial charge in [0.05, 0.1) is 6.54 Å². The van der Waals surface area contributed by atoms with E-state index in [4.69, 9.17) is 11.6 Å². The first kappa shape index (κ1) is 12.6. The Balaban J connectivity index is 2.07. The lowest BCUT2D eigenvalue weighted by atomic mass is 10.1. The number of rotatable bonds is 4. The number of aromatic nitrogens is 2. The SMILES string of the molecule is Cc1ccccc1Cn1ccc(NC(=O)CCl)n1. The van der Waals surface area contributed by atoms with E-state index in [0.717, 1.165) is 0 Å². The third-order valence-corrected chi connectivity index (χ3v) is 2.87. The minimum absolute atomic E-state index is 0.0648. The van der Waals surface area contributed by atoms with E-state index in [1.165, 1.54) is 11.1 Å². The van der Waals surface area contributed by atoms with Gasteiger partial charge >= 0.3 is 0 Å². The number of benzene rings is 1. The van der Waals surface area contributed by atoms with Crippen LogP contribution in [0.2, 0.25) is 0 Å². The molecule has 1 aromatic carbocycles. The van der Waals surface area contributed by atoms with Crippen molar-refractivity contribution in [2.24, 2.45) is 0 Å². The Morgan fingerprint density at radius 3 is 2.89 bits per heavy atom. The smallest absolute Gasteiger partial charge is 0.240 e. The van der Waals surface area contributed by atoms with Crippen LogP contribution in [-0.4, -0.2) is 21.6 Å². The fraction of sp³-hybridized carbons (Fsp3) is 0.231. The topological polar surface area (TPSA) is 46.9 Å². The van der Waals surface area contributed by atoms with Gasteiger partial charge in [-0.1, -0.05) is 24.3 Å². The fourth-order valence-electron chi connectivity index (χ4n) is 1.65. The van der Waals surface area contributed by atoms with Crippen LogP contribution in [0.5, 0.6) is 0 Å². The van der Waals surface area contributed by atoms with Gasteiger partial charge in [0.15, 0.2) is 5.82 Å². The van der Waals surface area contributed by atoms with Crippen LogP contribution in [0.15, 0.2) is 36.5 Å². The second kappa shape index (κ2) is 5.69. The number of nitrogens with zero attached hydrogens (tertiary/aromatic N) is 2. The number of carbonyl (C=O) groups is 1. The highest BCUT2D eigenvalue weighted by atomic mass is 35.5. The van der Waals surface area contributed by atoms with Crippen molar-refractivity contribution in [1.82, 2.24) is 9.78 Å².